The highest BCUT2D eigenvalue weighted by atomic mass is 35.5. The number of aromatic nitrogens is 4. The van der Waals surface area contributed by atoms with Gasteiger partial charge in [-0.2, -0.15) is 0 Å². The smallest absolute Gasteiger partial charge is 0.254 e. The molecule has 4 heterocycles. The zero-order valence-electron chi connectivity index (χ0n) is 19.1. The lowest BCUT2D eigenvalue weighted by Gasteiger charge is -2.30. The van der Waals surface area contributed by atoms with Crippen molar-refractivity contribution in [3.63, 3.8) is 0 Å². The number of nitrogens with zero attached hydrogens (tertiary/aromatic N) is 5. The molecule has 1 aromatic carbocycles. The van der Waals surface area contributed by atoms with E-state index in [1.165, 1.54) is 0 Å². The number of fused-ring (bicyclic) bond motifs is 2. The summed E-state index contributed by atoms with van der Waals surface area (Å²) >= 11 is 0. The third-order valence-corrected chi connectivity index (χ3v) is 6.35. The standard InChI is InChI=1S/C24H28N6O2.ClH/c1-4-30-19(12-15-7-5-9-26-22(15)30)23-27-18-11-16(13-20(32-3)21(18)28(23)2)24(31)29-10-6-8-17(25)14-29;/h5,7,9,11-13,17H,4,6,8,10,14,25H2,1-3H3;1H. The number of ether oxygens (including phenoxy) is 1. The number of hydrogen-bond acceptors (Lipinski definition) is 5. The summed E-state index contributed by atoms with van der Waals surface area (Å²) in [6.07, 6.45) is 3.69. The highest BCUT2D eigenvalue weighted by molar-refractivity contribution is 6.00. The Labute approximate surface area is 198 Å². The van der Waals surface area contributed by atoms with Crippen LogP contribution in [0.5, 0.6) is 5.75 Å². The predicted molar refractivity (Wildman–Crippen MR) is 132 cm³/mol. The first kappa shape index (κ1) is 23.1. The zero-order valence-corrected chi connectivity index (χ0v) is 19.9. The molecule has 0 aliphatic carbocycles. The number of nitrogens with two attached hydrogens (primary N) is 1. The Bertz CT molecular complexity index is 1330. The third kappa shape index (κ3) is 3.83. The molecule has 1 aliphatic rings. The van der Waals surface area contributed by atoms with Crippen LogP contribution in [-0.2, 0) is 13.6 Å². The quantitative estimate of drug-likeness (QED) is 0.494. The Morgan fingerprint density at radius 2 is 2.12 bits per heavy atom. The Morgan fingerprint density at radius 1 is 1.30 bits per heavy atom. The summed E-state index contributed by atoms with van der Waals surface area (Å²) in [6.45, 7) is 4.18. The molecule has 174 valence electrons. The highest BCUT2D eigenvalue weighted by Crippen LogP contribution is 2.34. The molecule has 0 radical (unpaired) electrons. The summed E-state index contributed by atoms with van der Waals surface area (Å²) in [7, 11) is 3.60. The van der Waals surface area contributed by atoms with Gasteiger partial charge in [-0.15, -0.1) is 12.4 Å². The van der Waals surface area contributed by atoms with E-state index >= 15 is 0 Å². The van der Waals surface area contributed by atoms with Crippen LogP contribution in [0.25, 0.3) is 33.6 Å². The fraction of sp³-hybridized carbons (Fsp3) is 0.375. The van der Waals surface area contributed by atoms with Crippen LogP contribution in [0.3, 0.4) is 0 Å². The molecule has 0 spiro atoms. The average molecular weight is 469 g/mol. The topological polar surface area (TPSA) is 91.2 Å². The minimum Gasteiger partial charge on any atom is -0.494 e. The van der Waals surface area contributed by atoms with Gasteiger partial charge in [0.15, 0.2) is 5.82 Å². The van der Waals surface area contributed by atoms with E-state index in [4.69, 9.17) is 15.5 Å². The fourth-order valence-corrected chi connectivity index (χ4v) is 4.79. The van der Waals surface area contributed by atoms with E-state index < -0.39 is 0 Å². The number of imidazole rings is 1. The van der Waals surface area contributed by atoms with E-state index in [0.717, 1.165) is 59.5 Å². The second-order valence-electron chi connectivity index (χ2n) is 8.38. The van der Waals surface area contributed by atoms with Crippen molar-refractivity contribution in [2.45, 2.75) is 32.4 Å². The van der Waals surface area contributed by atoms with Crippen molar-refractivity contribution in [1.82, 2.24) is 24.0 Å². The maximum absolute atomic E-state index is 13.2. The van der Waals surface area contributed by atoms with Crippen molar-refractivity contribution >= 4 is 40.4 Å². The van der Waals surface area contributed by atoms with Gasteiger partial charge in [-0.3, -0.25) is 4.79 Å². The van der Waals surface area contributed by atoms with Gasteiger partial charge in [0, 0.05) is 49.9 Å². The molecule has 5 rings (SSSR count). The molecule has 0 saturated carbocycles. The second kappa shape index (κ2) is 9.03. The van der Waals surface area contributed by atoms with Crippen molar-refractivity contribution in [2.24, 2.45) is 12.8 Å². The molecule has 4 aromatic rings. The number of aryl methyl sites for hydroxylation is 2. The maximum Gasteiger partial charge on any atom is 0.254 e. The van der Waals surface area contributed by atoms with E-state index in [-0.39, 0.29) is 24.4 Å². The number of amides is 1. The molecule has 9 heteroatoms. The number of halogens is 1. The van der Waals surface area contributed by atoms with E-state index in [1.807, 2.05) is 34.7 Å². The molecule has 1 atom stereocenters. The lowest BCUT2D eigenvalue weighted by atomic mass is 10.0. The van der Waals surface area contributed by atoms with Crippen molar-refractivity contribution < 1.29 is 9.53 Å². The largest absolute Gasteiger partial charge is 0.494 e. The Kier molecular flexibility index (Phi) is 6.32. The average Bonchev–Trinajstić information content (AvgIpc) is 3.35. The monoisotopic (exact) mass is 468 g/mol. The van der Waals surface area contributed by atoms with Crippen LogP contribution in [-0.4, -0.2) is 56.2 Å². The summed E-state index contributed by atoms with van der Waals surface area (Å²) in [5, 5.41) is 1.07. The van der Waals surface area contributed by atoms with E-state index in [0.29, 0.717) is 17.9 Å². The van der Waals surface area contributed by atoms with E-state index in [9.17, 15) is 4.79 Å². The molecule has 0 bridgehead atoms. The van der Waals surface area contributed by atoms with Crippen LogP contribution in [0.1, 0.15) is 30.1 Å². The van der Waals surface area contributed by atoms with Crippen molar-refractivity contribution in [3.05, 3.63) is 42.1 Å². The van der Waals surface area contributed by atoms with Crippen LogP contribution < -0.4 is 10.5 Å². The molecular weight excluding hydrogens is 440 g/mol. The van der Waals surface area contributed by atoms with Crippen LogP contribution in [0.4, 0.5) is 0 Å². The minimum absolute atomic E-state index is 0. The number of piperidine rings is 1. The van der Waals surface area contributed by atoms with Gasteiger partial charge in [-0.25, -0.2) is 9.97 Å². The first-order valence-corrected chi connectivity index (χ1v) is 11.1. The first-order valence-electron chi connectivity index (χ1n) is 11.1. The number of benzene rings is 1. The summed E-state index contributed by atoms with van der Waals surface area (Å²) in [5.74, 6) is 1.41. The molecule has 1 unspecified atom stereocenters. The number of carbonyl (C=O) groups excluding carboxylic acids is 1. The summed E-state index contributed by atoms with van der Waals surface area (Å²) < 4.78 is 9.88. The molecule has 8 nitrogen and oxygen atoms in total. The summed E-state index contributed by atoms with van der Waals surface area (Å²) in [6, 6.07) is 9.81. The SMILES string of the molecule is CCn1c(-c2nc3cc(C(=O)N4CCCC(N)C4)cc(OC)c3n2C)cc2cccnc21.Cl. The number of pyridine rings is 1. The van der Waals surface area contributed by atoms with Crippen molar-refractivity contribution in [3.8, 4) is 17.3 Å². The predicted octanol–water partition coefficient (Wildman–Crippen LogP) is 3.60. The molecule has 1 saturated heterocycles. The zero-order chi connectivity index (χ0) is 22.4. The number of hydrogen-bond donors (Lipinski definition) is 1. The number of rotatable bonds is 4. The van der Waals surface area contributed by atoms with E-state index in [2.05, 4.69) is 28.6 Å². The summed E-state index contributed by atoms with van der Waals surface area (Å²) in [4.78, 5) is 24.5. The van der Waals surface area contributed by atoms with Gasteiger partial charge >= 0.3 is 0 Å². The lowest BCUT2D eigenvalue weighted by Crippen LogP contribution is -2.45. The van der Waals surface area contributed by atoms with Gasteiger partial charge in [-0.05, 0) is 50.1 Å². The second-order valence-corrected chi connectivity index (χ2v) is 8.38. The molecule has 1 fully saturated rings. The Balaban J connectivity index is 0.00000259. The first-order chi connectivity index (χ1) is 15.5. The van der Waals surface area contributed by atoms with Gasteiger partial charge in [0.2, 0.25) is 0 Å². The Morgan fingerprint density at radius 3 is 2.85 bits per heavy atom. The van der Waals surface area contributed by atoms with Crippen LogP contribution in [0.15, 0.2) is 36.5 Å². The maximum atomic E-state index is 13.2. The number of likely N-dealkylation sites (tertiary alicyclic amines) is 1. The molecule has 1 aliphatic heterocycles. The van der Waals surface area contributed by atoms with Gasteiger partial charge in [0.25, 0.3) is 5.91 Å². The molecule has 2 N–H and O–H groups in total. The fourth-order valence-electron chi connectivity index (χ4n) is 4.79. The van der Waals surface area contributed by atoms with Crippen molar-refractivity contribution in [2.75, 3.05) is 20.2 Å². The van der Waals surface area contributed by atoms with Crippen molar-refractivity contribution in [1.29, 1.82) is 0 Å². The van der Waals surface area contributed by atoms with Crippen LogP contribution >= 0.6 is 12.4 Å². The minimum atomic E-state index is -0.0283. The Hall–Kier alpha value is -3.10. The van der Waals surface area contributed by atoms with Crippen LogP contribution in [0, 0.1) is 0 Å². The highest BCUT2D eigenvalue weighted by Gasteiger charge is 2.25. The van der Waals surface area contributed by atoms with E-state index in [1.54, 1.807) is 13.3 Å². The normalized spacial score (nSPS) is 16.2. The van der Waals surface area contributed by atoms with Gasteiger partial charge in [0.1, 0.15) is 16.9 Å². The van der Waals surface area contributed by atoms with Gasteiger partial charge < -0.3 is 24.5 Å². The van der Waals surface area contributed by atoms with Crippen LogP contribution in [0.2, 0.25) is 0 Å². The molecule has 1 amide bonds. The van der Waals surface area contributed by atoms with Gasteiger partial charge in [0.05, 0.1) is 18.3 Å². The number of carbonyl (C=O) groups is 1. The molecular formula is C24H29ClN6O2. The third-order valence-electron chi connectivity index (χ3n) is 6.35. The summed E-state index contributed by atoms with van der Waals surface area (Å²) in [5.41, 5.74) is 10.2. The number of methoxy groups -OCH3 is 1. The molecule has 33 heavy (non-hydrogen) atoms. The molecule has 3 aromatic heterocycles. The van der Waals surface area contributed by atoms with Gasteiger partial charge in [-0.1, -0.05) is 0 Å². The lowest BCUT2D eigenvalue weighted by molar-refractivity contribution is 0.0708.